The number of hydrogen-bond acceptors (Lipinski definition) is 3. The highest BCUT2D eigenvalue weighted by molar-refractivity contribution is 6.31. The number of fused-ring (bicyclic) bond motifs is 1. The van der Waals surface area contributed by atoms with Crippen LogP contribution in [-0.2, 0) is 11.8 Å². The number of aliphatic hydroxyl groups excluding tert-OH is 1. The van der Waals surface area contributed by atoms with E-state index in [-0.39, 0.29) is 6.42 Å². The van der Waals surface area contributed by atoms with Crippen molar-refractivity contribution in [3.63, 3.8) is 0 Å². The van der Waals surface area contributed by atoms with Gasteiger partial charge in [-0.15, -0.1) is 0 Å². The van der Waals surface area contributed by atoms with E-state index in [1.807, 2.05) is 0 Å². The van der Waals surface area contributed by atoms with E-state index in [2.05, 4.69) is 4.98 Å². The fourth-order valence-corrected chi connectivity index (χ4v) is 1.90. The minimum Gasteiger partial charge on any atom is -0.481 e. The molecule has 0 amide bonds. The van der Waals surface area contributed by atoms with Crippen LogP contribution in [0, 0.1) is 0 Å². The molecule has 2 N–H and O–H groups in total. The first-order valence-corrected chi connectivity index (χ1v) is 5.38. The molecule has 2 aromatic rings. The Balaban J connectivity index is 2.48. The Morgan fingerprint density at radius 3 is 2.94 bits per heavy atom. The van der Waals surface area contributed by atoms with Crippen molar-refractivity contribution >= 4 is 28.6 Å². The third-order valence-electron chi connectivity index (χ3n) is 2.54. The number of aliphatic carboxylic acids is 1. The first-order chi connectivity index (χ1) is 7.99. The third-order valence-corrected chi connectivity index (χ3v) is 2.78. The lowest BCUT2D eigenvalue weighted by Gasteiger charge is -2.07. The van der Waals surface area contributed by atoms with Crippen LogP contribution in [0.1, 0.15) is 18.3 Å². The zero-order valence-corrected chi connectivity index (χ0v) is 9.85. The molecule has 0 bridgehead atoms. The molecule has 0 radical (unpaired) electrons. The second-order valence-corrected chi connectivity index (χ2v) is 4.21. The van der Waals surface area contributed by atoms with E-state index >= 15 is 0 Å². The standard InChI is InChI=1S/C11H11ClN2O3/c1-14-8-4-6(12)2-3-7(8)13-11(14)9(15)5-10(16)17/h2-4,9,15H,5H2,1H3,(H,16,17)/t9-/m0/s1. The highest BCUT2D eigenvalue weighted by Gasteiger charge is 2.18. The SMILES string of the molecule is Cn1c([C@@H](O)CC(=O)O)nc2ccc(Cl)cc21. The number of benzene rings is 1. The number of carboxylic acids is 1. The van der Waals surface area contributed by atoms with Gasteiger partial charge in [-0.05, 0) is 18.2 Å². The number of rotatable bonds is 3. The Labute approximate surface area is 102 Å². The molecule has 5 nitrogen and oxygen atoms in total. The number of carboxylic acid groups (broad SMARTS) is 1. The number of aliphatic hydroxyl groups is 1. The largest absolute Gasteiger partial charge is 0.481 e. The third kappa shape index (κ3) is 2.25. The van der Waals surface area contributed by atoms with Gasteiger partial charge in [-0.3, -0.25) is 4.79 Å². The van der Waals surface area contributed by atoms with Crippen molar-refractivity contribution in [1.29, 1.82) is 0 Å². The van der Waals surface area contributed by atoms with Crippen LogP contribution in [0.2, 0.25) is 5.02 Å². The topological polar surface area (TPSA) is 75.4 Å². The average molecular weight is 255 g/mol. The van der Waals surface area contributed by atoms with E-state index in [9.17, 15) is 9.90 Å². The molecule has 0 aliphatic rings. The maximum atomic E-state index is 10.5. The molecule has 1 aromatic heterocycles. The average Bonchev–Trinajstić information content (AvgIpc) is 2.55. The van der Waals surface area contributed by atoms with Crippen LogP contribution in [0.15, 0.2) is 18.2 Å². The van der Waals surface area contributed by atoms with E-state index in [0.29, 0.717) is 16.4 Å². The molecule has 90 valence electrons. The van der Waals surface area contributed by atoms with Crippen molar-refractivity contribution in [2.24, 2.45) is 7.05 Å². The monoisotopic (exact) mass is 254 g/mol. The van der Waals surface area contributed by atoms with Crippen LogP contribution in [0.5, 0.6) is 0 Å². The molecular weight excluding hydrogens is 244 g/mol. The van der Waals surface area contributed by atoms with Gasteiger partial charge < -0.3 is 14.8 Å². The van der Waals surface area contributed by atoms with Crippen molar-refractivity contribution in [2.75, 3.05) is 0 Å². The van der Waals surface area contributed by atoms with Crippen LogP contribution >= 0.6 is 11.6 Å². The molecular formula is C11H11ClN2O3. The molecule has 0 fully saturated rings. The summed E-state index contributed by atoms with van der Waals surface area (Å²) in [5.41, 5.74) is 1.44. The molecule has 1 atom stereocenters. The summed E-state index contributed by atoms with van der Waals surface area (Å²) in [4.78, 5) is 14.7. The van der Waals surface area contributed by atoms with E-state index in [0.717, 1.165) is 5.52 Å². The summed E-state index contributed by atoms with van der Waals surface area (Å²) < 4.78 is 1.65. The van der Waals surface area contributed by atoms with Crippen LogP contribution in [0.25, 0.3) is 11.0 Å². The Hall–Kier alpha value is -1.59. The predicted octanol–water partition coefficient (Wildman–Crippen LogP) is 1.73. The molecule has 0 aliphatic heterocycles. The summed E-state index contributed by atoms with van der Waals surface area (Å²) >= 11 is 5.87. The summed E-state index contributed by atoms with van der Waals surface area (Å²) in [6.45, 7) is 0. The lowest BCUT2D eigenvalue weighted by atomic mass is 10.2. The zero-order valence-electron chi connectivity index (χ0n) is 9.09. The van der Waals surface area contributed by atoms with Gasteiger partial charge in [0.2, 0.25) is 0 Å². The second kappa shape index (κ2) is 4.35. The number of imidazole rings is 1. The van der Waals surface area contributed by atoms with Crippen molar-refractivity contribution in [2.45, 2.75) is 12.5 Å². The number of nitrogens with zero attached hydrogens (tertiary/aromatic N) is 2. The van der Waals surface area contributed by atoms with Crippen LogP contribution in [0.3, 0.4) is 0 Å². The number of aromatic nitrogens is 2. The fraction of sp³-hybridized carbons (Fsp3) is 0.273. The van der Waals surface area contributed by atoms with E-state index in [1.165, 1.54) is 0 Å². The van der Waals surface area contributed by atoms with Gasteiger partial charge >= 0.3 is 5.97 Å². The summed E-state index contributed by atoms with van der Waals surface area (Å²) in [7, 11) is 1.71. The molecule has 1 heterocycles. The first kappa shape index (κ1) is 11.9. The summed E-state index contributed by atoms with van der Waals surface area (Å²) in [5.74, 6) is -0.743. The number of halogens is 1. The molecule has 17 heavy (non-hydrogen) atoms. The predicted molar refractivity (Wildman–Crippen MR) is 62.9 cm³/mol. The van der Waals surface area contributed by atoms with Crippen molar-refractivity contribution in [1.82, 2.24) is 9.55 Å². The quantitative estimate of drug-likeness (QED) is 0.875. The molecule has 0 unspecified atom stereocenters. The van der Waals surface area contributed by atoms with Gasteiger partial charge in [-0.2, -0.15) is 0 Å². The zero-order chi connectivity index (χ0) is 12.6. The maximum Gasteiger partial charge on any atom is 0.306 e. The highest BCUT2D eigenvalue weighted by Crippen LogP contribution is 2.24. The minimum atomic E-state index is -1.12. The molecule has 0 spiro atoms. The normalized spacial score (nSPS) is 12.9. The van der Waals surface area contributed by atoms with Crippen LogP contribution in [-0.4, -0.2) is 25.7 Å². The van der Waals surface area contributed by atoms with Gasteiger partial charge in [0.25, 0.3) is 0 Å². The molecule has 0 saturated carbocycles. The van der Waals surface area contributed by atoms with Crippen LogP contribution in [0.4, 0.5) is 0 Å². The molecule has 1 aromatic carbocycles. The van der Waals surface area contributed by atoms with Crippen LogP contribution < -0.4 is 0 Å². The maximum absolute atomic E-state index is 10.5. The lowest BCUT2D eigenvalue weighted by molar-refractivity contribution is -0.139. The number of aryl methyl sites for hydroxylation is 1. The molecule has 0 saturated heterocycles. The van der Waals surface area contributed by atoms with Crippen molar-refractivity contribution < 1.29 is 15.0 Å². The Kier molecular flexibility index (Phi) is 3.04. The summed E-state index contributed by atoms with van der Waals surface area (Å²) in [6, 6.07) is 5.15. The van der Waals surface area contributed by atoms with Gasteiger partial charge in [0.15, 0.2) is 0 Å². The number of carbonyl (C=O) groups is 1. The fourth-order valence-electron chi connectivity index (χ4n) is 1.74. The molecule has 0 aliphatic carbocycles. The molecule has 6 heteroatoms. The van der Waals surface area contributed by atoms with Gasteiger partial charge in [0.1, 0.15) is 11.9 Å². The summed E-state index contributed by atoms with van der Waals surface area (Å²) in [5, 5.41) is 19.0. The number of hydrogen-bond donors (Lipinski definition) is 2. The Bertz CT molecular complexity index is 579. The van der Waals surface area contributed by atoms with E-state index in [1.54, 1.807) is 29.8 Å². The van der Waals surface area contributed by atoms with Crippen molar-refractivity contribution in [3.8, 4) is 0 Å². The highest BCUT2D eigenvalue weighted by atomic mass is 35.5. The van der Waals surface area contributed by atoms with Gasteiger partial charge in [0, 0.05) is 12.1 Å². The van der Waals surface area contributed by atoms with E-state index in [4.69, 9.17) is 16.7 Å². The molecule has 2 rings (SSSR count). The van der Waals surface area contributed by atoms with Gasteiger partial charge in [-0.1, -0.05) is 11.6 Å². The van der Waals surface area contributed by atoms with Crippen molar-refractivity contribution in [3.05, 3.63) is 29.0 Å². The second-order valence-electron chi connectivity index (χ2n) is 3.78. The lowest BCUT2D eigenvalue weighted by Crippen LogP contribution is -2.10. The first-order valence-electron chi connectivity index (χ1n) is 5.01. The van der Waals surface area contributed by atoms with E-state index < -0.39 is 12.1 Å². The minimum absolute atomic E-state index is 0.324. The summed E-state index contributed by atoms with van der Waals surface area (Å²) in [6.07, 6.45) is -1.49. The Morgan fingerprint density at radius 1 is 1.59 bits per heavy atom. The van der Waals surface area contributed by atoms with Gasteiger partial charge in [-0.25, -0.2) is 4.98 Å². The Morgan fingerprint density at radius 2 is 2.29 bits per heavy atom. The van der Waals surface area contributed by atoms with Gasteiger partial charge in [0.05, 0.1) is 17.5 Å². The smallest absolute Gasteiger partial charge is 0.306 e.